The van der Waals surface area contributed by atoms with E-state index in [4.69, 9.17) is 9.47 Å². The number of benzene rings is 1. The van der Waals surface area contributed by atoms with Gasteiger partial charge >= 0.3 is 0 Å². The van der Waals surface area contributed by atoms with Crippen LogP contribution in [0.25, 0.3) is 0 Å². The van der Waals surface area contributed by atoms with E-state index in [2.05, 4.69) is 32.7 Å². The van der Waals surface area contributed by atoms with Gasteiger partial charge in [0.1, 0.15) is 5.75 Å². The van der Waals surface area contributed by atoms with Crippen molar-refractivity contribution in [2.45, 2.75) is 25.8 Å². The SMILES string of the molecule is CN=C(NCCc1ccc(OC)cc1)NCc1ccnc(OCC2CC2)c1. The molecule has 6 nitrogen and oxygen atoms in total. The van der Waals surface area contributed by atoms with E-state index in [0.29, 0.717) is 12.4 Å². The number of hydrogen-bond acceptors (Lipinski definition) is 4. The zero-order valence-corrected chi connectivity index (χ0v) is 16.1. The number of methoxy groups -OCH3 is 1. The molecule has 3 rings (SSSR count). The van der Waals surface area contributed by atoms with E-state index < -0.39 is 0 Å². The van der Waals surface area contributed by atoms with Gasteiger partial charge in [0, 0.05) is 32.4 Å². The van der Waals surface area contributed by atoms with Gasteiger partial charge in [0.15, 0.2) is 5.96 Å². The van der Waals surface area contributed by atoms with Crippen molar-refractivity contribution >= 4 is 5.96 Å². The number of aliphatic imine (C=N–C) groups is 1. The molecule has 1 aliphatic carbocycles. The van der Waals surface area contributed by atoms with Gasteiger partial charge in [-0.1, -0.05) is 12.1 Å². The molecular formula is C21H28N4O2. The summed E-state index contributed by atoms with van der Waals surface area (Å²) in [6, 6.07) is 12.1. The second kappa shape index (κ2) is 9.80. The highest BCUT2D eigenvalue weighted by Crippen LogP contribution is 2.29. The number of guanidine groups is 1. The van der Waals surface area contributed by atoms with Gasteiger partial charge in [0.25, 0.3) is 0 Å². The Bertz CT molecular complexity index is 742. The summed E-state index contributed by atoms with van der Waals surface area (Å²) < 4.78 is 10.9. The highest BCUT2D eigenvalue weighted by Gasteiger charge is 2.22. The molecule has 0 bridgehead atoms. The monoisotopic (exact) mass is 368 g/mol. The van der Waals surface area contributed by atoms with E-state index in [9.17, 15) is 0 Å². The summed E-state index contributed by atoms with van der Waals surface area (Å²) in [6.45, 7) is 2.25. The van der Waals surface area contributed by atoms with Gasteiger partial charge in [0.2, 0.25) is 5.88 Å². The lowest BCUT2D eigenvalue weighted by Crippen LogP contribution is -2.37. The van der Waals surface area contributed by atoms with Gasteiger partial charge in [-0.3, -0.25) is 4.99 Å². The Hall–Kier alpha value is -2.76. The highest BCUT2D eigenvalue weighted by molar-refractivity contribution is 5.79. The average molecular weight is 368 g/mol. The molecule has 0 spiro atoms. The predicted octanol–water partition coefficient (Wildman–Crippen LogP) is 2.79. The minimum Gasteiger partial charge on any atom is -0.497 e. The standard InChI is InChI=1S/C21H28N4O2/c1-22-21(24-12-9-16-5-7-19(26-2)8-6-16)25-14-18-10-11-23-20(13-18)27-15-17-3-4-17/h5-8,10-11,13,17H,3-4,9,12,14-15H2,1-2H3,(H2,22,24,25). The molecule has 0 aliphatic heterocycles. The zero-order valence-electron chi connectivity index (χ0n) is 16.1. The zero-order chi connectivity index (χ0) is 18.9. The normalized spacial score (nSPS) is 13.9. The van der Waals surface area contributed by atoms with E-state index in [0.717, 1.165) is 42.8 Å². The van der Waals surface area contributed by atoms with Crippen molar-refractivity contribution in [3.05, 3.63) is 53.7 Å². The Morgan fingerprint density at radius 1 is 1.15 bits per heavy atom. The molecule has 1 aliphatic rings. The summed E-state index contributed by atoms with van der Waals surface area (Å²) in [5, 5.41) is 6.67. The number of hydrogen-bond donors (Lipinski definition) is 2. The molecule has 144 valence electrons. The molecule has 0 atom stereocenters. The molecule has 27 heavy (non-hydrogen) atoms. The van der Waals surface area contributed by atoms with Gasteiger partial charge < -0.3 is 20.1 Å². The topological polar surface area (TPSA) is 67.8 Å². The van der Waals surface area contributed by atoms with Crippen LogP contribution in [0.15, 0.2) is 47.6 Å². The molecule has 1 saturated carbocycles. The predicted molar refractivity (Wildman–Crippen MR) is 107 cm³/mol. The average Bonchev–Trinajstić information content (AvgIpc) is 3.54. The maximum Gasteiger partial charge on any atom is 0.213 e. The summed E-state index contributed by atoms with van der Waals surface area (Å²) >= 11 is 0. The van der Waals surface area contributed by atoms with Crippen molar-refractivity contribution in [2.75, 3.05) is 27.3 Å². The quantitative estimate of drug-likeness (QED) is 0.526. The van der Waals surface area contributed by atoms with Gasteiger partial charge in [0.05, 0.1) is 13.7 Å². The number of nitrogens with one attached hydrogen (secondary N) is 2. The highest BCUT2D eigenvalue weighted by atomic mass is 16.5. The van der Waals surface area contributed by atoms with E-state index in [1.54, 1.807) is 20.4 Å². The molecule has 1 heterocycles. The van der Waals surface area contributed by atoms with Gasteiger partial charge in [-0.2, -0.15) is 0 Å². The minimum absolute atomic E-state index is 0.671. The molecule has 0 amide bonds. The number of nitrogens with zero attached hydrogens (tertiary/aromatic N) is 2. The fourth-order valence-electron chi connectivity index (χ4n) is 2.65. The summed E-state index contributed by atoms with van der Waals surface area (Å²) in [5.74, 6) is 3.08. The fourth-order valence-corrected chi connectivity index (χ4v) is 2.65. The van der Waals surface area contributed by atoms with Crippen molar-refractivity contribution in [3.63, 3.8) is 0 Å². The van der Waals surface area contributed by atoms with Crippen LogP contribution >= 0.6 is 0 Å². The van der Waals surface area contributed by atoms with Crippen LogP contribution in [0.2, 0.25) is 0 Å². The Labute approximate surface area is 161 Å². The van der Waals surface area contributed by atoms with E-state index >= 15 is 0 Å². The Balaban J connectivity index is 1.41. The summed E-state index contributed by atoms with van der Waals surface area (Å²) in [4.78, 5) is 8.56. The molecular weight excluding hydrogens is 340 g/mol. The lowest BCUT2D eigenvalue weighted by molar-refractivity contribution is 0.288. The number of pyridine rings is 1. The third-order valence-electron chi connectivity index (χ3n) is 4.51. The maximum atomic E-state index is 5.74. The molecule has 1 fully saturated rings. The van der Waals surface area contributed by atoms with Crippen LogP contribution in [-0.4, -0.2) is 38.3 Å². The minimum atomic E-state index is 0.671. The first-order chi connectivity index (χ1) is 13.3. The Kier molecular flexibility index (Phi) is 6.90. The van der Waals surface area contributed by atoms with E-state index in [-0.39, 0.29) is 0 Å². The Morgan fingerprint density at radius 2 is 1.96 bits per heavy atom. The maximum absolute atomic E-state index is 5.74. The van der Waals surface area contributed by atoms with E-state index in [1.165, 1.54) is 18.4 Å². The van der Waals surface area contributed by atoms with Crippen LogP contribution in [0.5, 0.6) is 11.6 Å². The summed E-state index contributed by atoms with van der Waals surface area (Å²) in [7, 11) is 3.46. The first-order valence-corrected chi connectivity index (χ1v) is 9.42. The first-order valence-electron chi connectivity index (χ1n) is 9.42. The summed E-state index contributed by atoms with van der Waals surface area (Å²) in [6.07, 6.45) is 5.26. The molecule has 1 aromatic carbocycles. The molecule has 0 radical (unpaired) electrons. The lowest BCUT2D eigenvalue weighted by atomic mass is 10.1. The fraction of sp³-hybridized carbons (Fsp3) is 0.429. The van der Waals surface area contributed by atoms with Crippen molar-refractivity contribution in [3.8, 4) is 11.6 Å². The number of ether oxygens (including phenoxy) is 2. The number of aromatic nitrogens is 1. The van der Waals surface area contributed by atoms with Crippen molar-refractivity contribution in [1.82, 2.24) is 15.6 Å². The van der Waals surface area contributed by atoms with E-state index in [1.807, 2.05) is 24.3 Å². The first kappa shape index (κ1) is 19.0. The number of rotatable bonds is 9. The van der Waals surface area contributed by atoms with Gasteiger partial charge in [-0.05, 0) is 54.5 Å². The van der Waals surface area contributed by atoms with Crippen molar-refractivity contribution in [2.24, 2.45) is 10.9 Å². The van der Waals surface area contributed by atoms with Gasteiger partial charge in [-0.15, -0.1) is 0 Å². The van der Waals surface area contributed by atoms with Crippen LogP contribution in [-0.2, 0) is 13.0 Å². The molecule has 2 aromatic rings. The van der Waals surface area contributed by atoms with Crippen LogP contribution in [0.4, 0.5) is 0 Å². The third-order valence-corrected chi connectivity index (χ3v) is 4.51. The molecule has 0 saturated heterocycles. The van der Waals surface area contributed by atoms with Crippen LogP contribution in [0.1, 0.15) is 24.0 Å². The molecule has 2 N–H and O–H groups in total. The largest absolute Gasteiger partial charge is 0.497 e. The van der Waals surface area contributed by atoms with Crippen LogP contribution in [0.3, 0.4) is 0 Å². The van der Waals surface area contributed by atoms with Crippen LogP contribution in [0, 0.1) is 5.92 Å². The summed E-state index contributed by atoms with van der Waals surface area (Å²) in [5.41, 5.74) is 2.37. The smallest absolute Gasteiger partial charge is 0.213 e. The van der Waals surface area contributed by atoms with Crippen molar-refractivity contribution < 1.29 is 9.47 Å². The van der Waals surface area contributed by atoms with Crippen LogP contribution < -0.4 is 20.1 Å². The molecule has 0 unspecified atom stereocenters. The Morgan fingerprint density at radius 3 is 2.67 bits per heavy atom. The lowest BCUT2D eigenvalue weighted by Gasteiger charge is -2.12. The molecule has 6 heteroatoms. The molecule has 1 aromatic heterocycles. The second-order valence-corrected chi connectivity index (χ2v) is 6.71. The van der Waals surface area contributed by atoms with Gasteiger partial charge in [-0.25, -0.2) is 4.98 Å². The third kappa shape index (κ3) is 6.47. The van der Waals surface area contributed by atoms with Crippen molar-refractivity contribution in [1.29, 1.82) is 0 Å². The second-order valence-electron chi connectivity index (χ2n) is 6.71.